The molecule has 0 heterocycles. The van der Waals surface area contributed by atoms with Crippen LogP contribution in [0.2, 0.25) is 0 Å². The zero-order chi connectivity index (χ0) is 12.4. The van der Waals surface area contributed by atoms with Gasteiger partial charge >= 0.3 is 7.68 Å². The van der Waals surface area contributed by atoms with Gasteiger partial charge in [-0.15, -0.1) is 0 Å². The molecule has 0 N–H and O–H groups in total. The first-order valence-corrected chi connectivity index (χ1v) is 8.19. The Bertz CT molecular complexity index is 209. The quantitative estimate of drug-likeness (QED) is 0.388. The molecule has 0 fully saturated rings. The minimum atomic E-state index is -3.81. The molecule has 0 aromatic carbocycles. The van der Waals surface area contributed by atoms with E-state index >= 15 is 0 Å². The van der Waals surface area contributed by atoms with Crippen molar-refractivity contribution in [1.82, 2.24) is 0 Å². The zero-order valence-electron chi connectivity index (χ0n) is 10.9. The van der Waals surface area contributed by atoms with Gasteiger partial charge in [-0.05, 0) is 19.8 Å². The lowest BCUT2D eigenvalue weighted by molar-refractivity contribution is 0.192. The van der Waals surface area contributed by atoms with Crippen LogP contribution in [0, 0.1) is 0 Å². The van der Waals surface area contributed by atoms with E-state index in [9.17, 15) is 8.76 Å². The van der Waals surface area contributed by atoms with Crippen LogP contribution in [0.3, 0.4) is 0 Å². The first-order valence-electron chi connectivity index (χ1n) is 6.49. The highest BCUT2D eigenvalue weighted by molar-refractivity contribution is 7.53. The summed E-state index contributed by atoms with van der Waals surface area (Å²) in [6.07, 6.45) is 7.11. The molecule has 0 aromatic heterocycles. The van der Waals surface area contributed by atoms with Gasteiger partial charge in [0.05, 0.1) is 12.3 Å². The third-order valence-corrected chi connectivity index (χ3v) is 4.20. The minimum Gasteiger partial charge on any atom is -0.302 e. The van der Waals surface area contributed by atoms with E-state index in [1.54, 1.807) is 0 Å². The van der Waals surface area contributed by atoms with Gasteiger partial charge in [0.15, 0.2) is 0 Å². The first kappa shape index (κ1) is 16.1. The smallest absolute Gasteiger partial charge is 0.302 e. The SMILES string of the molecule is CCCCCCCC(C)OP(=O)(F)CCC. The molecule has 0 rings (SSSR count). The fourth-order valence-corrected chi connectivity index (χ4v) is 2.96. The maximum Gasteiger partial charge on any atom is 0.367 e. The standard InChI is InChI=1S/C12H26FO2P/c1-4-6-7-8-9-10-12(3)15-16(13,14)11-5-2/h12H,4-11H2,1-3H3. The van der Waals surface area contributed by atoms with Gasteiger partial charge in [0.1, 0.15) is 0 Å². The summed E-state index contributed by atoms with van der Waals surface area (Å²) in [7, 11) is -3.81. The number of hydrogen-bond donors (Lipinski definition) is 0. The maximum atomic E-state index is 13.3. The van der Waals surface area contributed by atoms with Crippen molar-refractivity contribution in [2.24, 2.45) is 0 Å². The van der Waals surface area contributed by atoms with Crippen molar-refractivity contribution in [2.75, 3.05) is 6.16 Å². The second kappa shape index (κ2) is 9.18. The Labute approximate surface area is 99.5 Å². The molecule has 0 aliphatic heterocycles. The largest absolute Gasteiger partial charge is 0.367 e. The van der Waals surface area contributed by atoms with Crippen LogP contribution in [-0.4, -0.2) is 12.3 Å². The highest BCUT2D eigenvalue weighted by Gasteiger charge is 2.23. The van der Waals surface area contributed by atoms with E-state index in [-0.39, 0.29) is 12.3 Å². The molecule has 0 amide bonds. The molecular formula is C12H26FO2P. The van der Waals surface area contributed by atoms with Crippen LogP contribution >= 0.6 is 7.68 Å². The summed E-state index contributed by atoms with van der Waals surface area (Å²) in [6, 6.07) is 0. The summed E-state index contributed by atoms with van der Waals surface area (Å²) in [5, 5.41) is 0. The van der Waals surface area contributed by atoms with Crippen LogP contribution in [0.1, 0.15) is 65.7 Å². The third kappa shape index (κ3) is 9.35. The summed E-state index contributed by atoms with van der Waals surface area (Å²) in [4.78, 5) is 0. The van der Waals surface area contributed by atoms with Gasteiger partial charge in [-0.2, -0.15) is 4.20 Å². The Kier molecular flexibility index (Phi) is 9.25. The van der Waals surface area contributed by atoms with Crippen LogP contribution in [0.25, 0.3) is 0 Å². The average molecular weight is 252 g/mol. The van der Waals surface area contributed by atoms with E-state index in [0.717, 1.165) is 19.3 Å². The van der Waals surface area contributed by atoms with Crippen LogP contribution in [-0.2, 0) is 9.09 Å². The fraction of sp³-hybridized carbons (Fsp3) is 1.00. The predicted molar refractivity (Wildman–Crippen MR) is 67.8 cm³/mol. The second-order valence-corrected chi connectivity index (χ2v) is 6.27. The number of unbranched alkanes of at least 4 members (excludes halogenated alkanes) is 4. The molecule has 16 heavy (non-hydrogen) atoms. The van der Waals surface area contributed by atoms with Gasteiger partial charge in [-0.3, -0.25) is 4.57 Å². The lowest BCUT2D eigenvalue weighted by Crippen LogP contribution is -2.06. The molecule has 0 aromatic rings. The molecule has 2 nitrogen and oxygen atoms in total. The van der Waals surface area contributed by atoms with Gasteiger partial charge < -0.3 is 4.52 Å². The molecule has 0 spiro atoms. The molecule has 0 radical (unpaired) electrons. The summed E-state index contributed by atoms with van der Waals surface area (Å²) in [5.41, 5.74) is 0. The van der Waals surface area contributed by atoms with Crippen LogP contribution in [0.4, 0.5) is 4.20 Å². The van der Waals surface area contributed by atoms with Gasteiger partial charge in [0, 0.05) is 0 Å². The third-order valence-electron chi connectivity index (χ3n) is 2.54. The lowest BCUT2D eigenvalue weighted by atomic mass is 10.1. The molecule has 0 aliphatic carbocycles. The summed E-state index contributed by atoms with van der Waals surface area (Å²) >= 11 is 0. The van der Waals surface area contributed by atoms with Gasteiger partial charge in [-0.1, -0.05) is 46.0 Å². The normalized spacial score (nSPS) is 17.0. The molecule has 0 bridgehead atoms. The van der Waals surface area contributed by atoms with E-state index in [1.165, 1.54) is 19.3 Å². The van der Waals surface area contributed by atoms with Gasteiger partial charge in [0.25, 0.3) is 0 Å². The second-order valence-electron chi connectivity index (χ2n) is 4.43. The predicted octanol–water partition coefficient (Wildman–Crippen LogP) is 5.32. The average Bonchev–Trinajstić information content (AvgIpc) is 2.16. The molecule has 2 unspecified atom stereocenters. The number of rotatable bonds is 10. The molecule has 0 saturated carbocycles. The van der Waals surface area contributed by atoms with Crippen LogP contribution in [0.5, 0.6) is 0 Å². The molecule has 0 saturated heterocycles. The Balaban J connectivity index is 3.57. The monoisotopic (exact) mass is 252 g/mol. The van der Waals surface area contributed by atoms with Crippen molar-refractivity contribution in [3.63, 3.8) is 0 Å². The van der Waals surface area contributed by atoms with Crippen molar-refractivity contribution in [3.05, 3.63) is 0 Å². The van der Waals surface area contributed by atoms with Crippen LogP contribution < -0.4 is 0 Å². The van der Waals surface area contributed by atoms with E-state index in [2.05, 4.69) is 6.92 Å². The topological polar surface area (TPSA) is 26.3 Å². The van der Waals surface area contributed by atoms with E-state index in [1.807, 2.05) is 13.8 Å². The maximum absolute atomic E-state index is 13.3. The Morgan fingerprint density at radius 1 is 1.12 bits per heavy atom. The fourth-order valence-electron chi connectivity index (χ4n) is 1.68. The Morgan fingerprint density at radius 3 is 2.31 bits per heavy atom. The van der Waals surface area contributed by atoms with Crippen molar-refractivity contribution < 1.29 is 13.3 Å². The number of halogens is 1. The molecule has 4 heteroatoms. The zero-order valence-corrected chi connectivity index (χ0v) is 11.8. The highest BCUT2D eigenvalue weighted by atomic mass is 31.2. The van der Waals surface area contributed by atoms with E-state index in [0.29, 0.717) is 6.42 Å². The minimum absolute atomic E-state index is 0.0488. The van der Waals surface area contributed by atoms with E-state index < -0.39 is 7.68 Å². The van der Waals surface area contributed by atoms with E-state index in [4.69, 9.17) is 4.52 Å². The van der Waals surface area contributed by atoms with Gasteiger partial charge in [0.2, 0.25) is 0 Å². The summed E-state index contributed by atoms with van der Waals surface area (Å²) < 4.78 is 29.5. The van der Waals surface area contributed by atoms with Crippen molar-refractivity contribution in [2.45, 2.75) is 71.8 Å². The molecule has 2 atom stereocenters. The first-order chi connectivity index (χ1) is 7.52. The van der Waals surface area contributed by atoms with Crippen LogP contribution in [0.15, 0.2) is 0 Å². The Hall–Kier alpha value is 0.120. The van der Waals surface area contributed by atoms with Gasteiger partial charge in [-0.25, -0.2) is 0 Å². The highest BCUT2D eigenvalue weighted by Crippen LogP contribution is 2.50. The molecular weight excluding hydrogens is 226 g/mol. The Morgan fingerprint density at radius 2 is 1.75 bits per heavy atom. The summed E-state index contributed by atoms with van der Waals surface area (Å²) in [6.45, 7) is 5.79. The van der Waals surface area contributed by atoms with Crippen molar-refractivity contribution in [1.29, 1.82) is 0 Å². The van der Waals surface area contributed by atoms with Crippen molar-refractivity contribution >= 4 is 7.68 Å². The summed E-state index contributed by atoms with van der Waals surface area (Å²) in [5.74, 6) is 0. The lowest BCUT2D eigenvalue weighted by Gasteiger charge is -2.15. The number of hydrogen-bond acceptors (Lipinski definition) is 2. The molecule has 98 valence electrons. The molecule has 0 aliphatic rings. The van der Waals surface area contributed by atoms with Crippen molar-refractivity contribution in [3.8, 4) is 0 Å².